The van der Waals surface area contributed by atoms with Gasteiger partial charge in [-0.1, -0.05) is 42.7 Å². The molecule has 4 heteroatoms. The van der Waals surface area contributed by atoms with Crippen molar-refractivity contribution in [2.45, 2.75) is 38.6 Å². The average molecular weight is 367 g/mol. The third kappa shape index (κ3) is 5.33. The zero-order valence-electron chi connectivity index (χ0n) is 16.4. The fourth-order valence-corrected chi connectivity index (χ4v) is 3.69. The minimum Gasteiger partial charge on any atom is -0.497 e. The summed E-state index contributed by atoms with van der Waals surface area (Å²) in [6, 6.07) is 16.2. The Hall–Kier alpha value is -2.33. The molecule has 0 aromatic heterocycles. The molecule has 3 rings (SSSR count). The lowest BCUT2D eigenvalue weighted by molar-refractivity contribution is 0.0933. The van der Waals surface area contributed by atoms with Crippen LogP contribution in [0.4, 0.5) is 0 Å². The minimum atomic E-state index is -0.0108. The number of carbonyl (C=O) groups is 1. The molecule has 0 unspecified atom stereocenters. The standard InChI is InChI=1S/C23H30N2O2/c1-18-7-9-20(10-8-18)23(26)24-17-22(25-15-5-3-4-6-16-25)19-11-13-21(27-2)14-12-19/h7-14,22H,3-6,15-17H2,1-2H3,(H,24,26)/t22-/m1/s1. The first-order valence-corrected chi connectivity index (χ1v) is 9.90. The number of carbonyl (C=O) groups excluding carboxylic acids is 1. The van der Waals surface area contributed by atoms with Crippen LogP contribution in [0, 0.1) is 6.92 Å². The first kappa shape index (κ1) is 19.4. The van der Waals surface area contributed by atoms with E-state index in [2.05, 4.69) is 22.3 Å². The van der Waals surface area contributed by atoms with Crippen molar-refractivity contribution in [3.8, 4) is 5.75 Å². The number of hydrogen-bond donors (Lipinski definition) is 1. The maximum Gasteiger partial charge on any atom is 0.251 e. The first-order chi connectivity index (χ1) is 13.2. The average Bonchev–Trinajstić information content (AvgIpc) is 2.98. The van der Waals surface area contributed by atoms with E-state index in [4.69, 9.17) is 4.74 Å². The SMILES string of the molecule is COc1ccc([C@@H](CNC(=O)c2ccc(C)cc2)N2CCCCCC2)cc1. The molecule has 1 heterocycles. The van der Waals surface area contributed by atoms with E-state index in [0.717, 1.165) is 24.4 Å². The molecule has 1 saturated heterocycles. The summed E-state index contributed by atoms with van der Waals surface area (Å²) in [7, 11) is 1.68. The molecule has 0 bridgehead atoms. The summed E-state index contributed by atoms with van der Waals surface area (Å²) in [5.41, 5.74) is 3.10. The summed E-state index contributed by atoms with van der Waals surface area (Å²) >= 11 is 0. The van der Waals surface area contributed by atoms with Gasteiger partial charge >= 0.3 is 0 Å². The van der Waals surface area contributed by atoms with Crippen molar-refractivity contribution in [2.24, 2.45) is 0 Å². The second-order valence-electron chi connectivity index (χ2n) is 7.32. The zero-order valence-corrected chi connectivity index (χ0v) is 16.4. The summed E-state index contributed by atoms with van der Waals surface area (Å²) < 4.78 is 5.30. The van der Waals surface area contributed by atoms with Gasteiger partial charge in [0.05, 0.1) is 13.2 Å². The van der Waals surface area contributed by atoms with Gasteiger partial charge in [-0.3, -0.25) is 9.69 Å². The number of amides is 1. The molecule has 1 aliphatic rings. The van der Waals surface area contributed by atoms with Crippen LogP contribution in [-0.4, -0.2) is 37.6 Å². The van der Waals surface area contributed by atoms with Gasteiger partial charge in [0.25, 0.3) is 5.91 Å². The largest absolute Gasteiger partial charge is 0.497 e. The highest BCUT2D eigenvalue weighted by Crippen LogP contribution is 2.25. The van der Waals surface area contributed by atoms with Crippen LogP contribution in [0.3, 0.4) is 0 Å². The van der Waals surface area contributed by atoms with Gasteiger partial charge in [-0.2, -0.15) is 0 Å². The summed E-state index contributed by atoms with van der Waals surface area (Å²) in [6.45, 7) is 4.80. The smallest absolute Gasteiger partial charge is 0.251 e. The zero-order chi connectivity index (χ0) is 19.1. The van der Waals surface area contributed by atoms with Crippen molar-refractivity contribution in [1.82, 2.24) is 10.2 Å². The fraction of sp³-hybridized carbons (Fsp3) is 0.435. The predicted octanol–water partition coefficient (Wildman–Crippen LogP) is 4.35. The highest BCUT2D eigenvalue weighted by molar-refractivity contribution is 5.94. The molecule has 1 aliphatic heterocycles. The molecule has 0 aliphatic carbocycles. The molecule has 4 nitrogen and oxygen atoms in total. The van der Waals surface area contributed by atoms with Gasteiger partial charge in [-0.25, -0.2) is 0 Å². The van der Waals surface area contributed by atoms with E-state index in [-0.39, 0.29) is 11.9 Å². The molecule has 1 atom stereocenters. The number of nitrogens with one attached hydrogen (secondary N) is 1. The normalized spacial score (nSPS) is 16.4. The van der Waals surface area contributed by atoms with Crippen LogP contribution < -0.4 is 10.1 Å². The van der Waals surface area contributed by atoms with E-state index in [1.165, 1.54) is 31.2 Å². The quantitative estimate of drug-likeness (QED) is 0.826. The molecule has 144 valence electrons. The maximum atomic E-state index is 12.6. The fourth-order valence-electron chi connectivity index (χ4n) is 3.69. The van der Waals surface area contributed by atoms with Gasteiger partial charge in [0.1, 0.15) is 5.75 Å². The van der Waals surface area contributed by atoms with Gasteiger partial charge in [0.15, 0.2) is 0 Å². The van der Waals surface area contributed by atoms with Crippen molar-refractivity contribution in [1.29, 1.82) is 0 Å². The molecular weight excluding hydrogens is 336 g/mol. The second kappa shape index (κ2) is 9.56. The number of nitrogens with zero attached hydrogens (tertiary/aromatic N) is 1. The van der Waals surface area contributed by atoms with Crippen molar-refractivity contribution in [3.05, 3.63) is 65.2 Å². The number of likely N-dealkylation sites (tertiary alicyclic amines) is 1. The lowest BCUT2D eigenvalue weighted by atomic mass is 10.0. The number of aryl methyl sites for hydroxylation is 1. The van der Waals surface area contributed by atoms with Crippen LogP contribution in [0.1, 0.15) is 53.2 Å². The van der Waals surface area contributed by atoms with Crippen molar-refractivity contribution < 1.29 is 9.53 Å². The topological polar surface area (TPSA) is 41.6 Å². The molecule has 2 aromatic rings. The number of methoxy groups -OCH3 is 1. The monoisotopic (exact) mass is 366 g/mol. The number of hydrogen-bond acceptors (Lipinski definition) is 3. The molecule has 0 saturated carbocycles. The lowest BCUT2D eigenvalue weighted by Gasteiger charge is -2.31. The van der Waals surface area contributed by atoms with E-state index in [9.17, 15) is 4.79 Å². The van der Waals surface area contributed by atoms with Gasteiger partial charge < -0.3 is 10.1 Å². The number of rotatable bonds is 6. The van der Waals surface area contributed by atoms with Crippen LogP contribution in [-0.2, 0) is 0 Å². The van der Waals surface area contributed by atoms with Crippen LogP contribution in [0.25, 0.3) is 0 Å². The Kier molecular flexibility index (Phi) is 6.88. The van der Waals surface area contributed by atoms with Gasteiger partial charge in [-0.05, 0) is 62.7 Å². The van der Waals surface area contributed by atoms with Crippen LogP contribution in [0.5, 0.6) is 5.75 Å². The van der Waals surface area contributed by atoms with Gasteiger partial charge in [0, 0.05) is 12.1 Å². The second-order valence-corrected chi connectivity index (χ2v) is 7.32. The van der Waals surface area contributed by atoms with Crippen LogP contribution in [0.15, 0.2) is 48.5 Å². The Balaban J connectivity index is 1.73. The first-order valence-electron chi connectivity index (χ1n) is 9.90. The molecule has 1 fully saturated rings. The summed E-state index contributed by atoms with van der Waals surface area (Å²) in [4.78, 5) is 15.1. The molecule has 1 amide bonds. The number of ether oxygens (including phenoxy) is 1. The predicted molar refractivity (Wildman–Crippen MR) is 109 cm³/mol. The highest BCUT2D eigenvalue weighted by Gasteiger charge is 2.22. The maximum absolute atomic E-state index is 12.6. The Labute approximate surface area is 162 Å². The van der Waals surface area contributed by atoms with E-state index >= 15 is 0 Å². The highest BCUT2D eigenvalue weighted by atomic mass is 16.5. The van der Waals surface area contributed by atoms with E-state index < -0.39 is 0 Å². The third-order valence-electron chi connectivity index (χ3n) is 5.35. The van der Waals surface area contributed by atoms with Crippen LogP contribution in [0.2, 0.25) is 0 Å². The Morgan fingerprint density at radius 1 is 1.00 bits per heavy atom. The summed E-state index contributed by atoms with van der Waals surface area (Å²) in [5, 5.41) is 3.15. The van der Waals surface area contributed by atoms with E-state index in [1.807, 2.05) is 43.3 Å². The number of benzene rings is 2. The van der Waals surface area contributed by atoms with Crippen molar-refractivity contribution >= 4 is 5.91 Å². The molecule has 0 spiro atoms. The molecule has 27 heavy (non-hydrogen) atoms. The van der Waals surface area contributed by atoms with Gasteiger partial charge in [0.2, 0.25) is 0 Å². The third-order valence-corrected chi connectivity index (χ3v) is 5.35. The van der Waals surface area contributed by atoms with Crippen LogP contribution >= 0.6 is 0 Å². The Morgan fingerprint density at radius 3 is 2.22 bits per heavy atom. The molecular formula is C23H30N2O2. The summed E-state index contributed by atoms with van der Waals surface area (Å²) in [6.07, 6.45) is 5.03. The Morgan fingerprint density at radius 2 is 1.63 bits per heavy atom. The lowest BCUT2D eigenvalue weighted by Crippen LogP contribution is -2.38. The molecule has 2 aromatic carbocycles. The van der Waals surface area contributed by atoms with E-state index in [0.29, 0.717) is 12.1 Å². The molecule has 0 radical (unpaired) electrons. The Bertz CT molecular complexity index is 717. The van der Waals surface area contributed by atoms with Gasteiger partial charge in [-0.15, -0.1) is 0 Å². The van der Waals surface area contributed by atoms with E-state index in [1.54, 1.807) is 7.11 Å². The molecule has 1 N–H and O–H groups in total. The van der Waals surface area contributed by atoms with Crippen molar-refractivity contribution in [2.75, 3.05) is 26.7 Å². The minimum absolute atomic E-state index is 0.0108. The van der Waals surface area contributed by atoms with Crippen molar-refractivity contribution in [3.63, 3.8) is 0 Å². The summed E-state index contributed by atoms with van der Waals surface area (Å²) in [5.74, 6) is 0.848.